The lowest BCUT2D eigenvalue weighted by atomic mass is 10.1. The van der Waals surface area contributed by atoms with Crippen molar-refractivity contribution in [3.63, 3.8) is 0 Å². The summed E-state index contributed by atoms with van der Waals surface area (Å²) in [5.41, 5.74) is 1.37. The molecule has 21 heavy (non-hydrogen) atoms. The lowest BCUT2D eigenvalue weighted by Crippen LogP contribution is -1.99. The molecule has 0 fully saturated rings. The zero-order valence-electron chi connectivity index (χ0n) is 10.9. The third kappa shape index (κ3) is 2.56. The number of rotatable bonds is 3. The first-order chi connectivity index (χ1) is 10.2. The van der Waals surface area contributed by atoms with E-state index >= 15 is 0 Å². The third-order valence-electron chi connectivity index (χ3n) is 3.19. The third-order valence-corrected chi connectivity index (χ3v) is 3.19. The monoisotopic (exact) mass is 283 g/mol. The van der Waals surface area contributed by atoms with E-state index in [0.717, 1.165) is 0 Å². The summed E-state index contributed by atoms with van der Waals surface area (Å²) in [6.45, 7) is 0.106. The van der Waals surface area contributed by atoms with E-state index in [9.17, 15) is 9.18 Å². The van der Waals surface area contributed by atoms with E-state index in [1.807, 2.05) is 6.07 Å². The van der Waals surface area contributed by atoms with Crippen LogP contribution in [0, 0.1) is 17.1 Å². The summed E-state index contributed by atoms with van der Waals surface area (Å²) in [7, 11) is 0. The van der Waals surface area contributed by atoms with Gasteiger partial charge in [0.15, 0.2) is 6.61 Å². The fourth-order valence-electron chi connectivity index (χ4n) is 2.12. The Morgan fingerprint density at radius 1 is 1.29 bits per heavy atom. The molecule has 1 aliphatic rings. The van der Waals surface area contributed by atoms with E-state index in [4.69, 9.17) is 14.7 Å². The molecule has 0 atom stereocenters. The SMILES string of the molecule is N#Cc1ccc(F)cc1COc1ccc2c(c1)OCC2=O. The molecule has 0 radical (unpaired) electrons. The minimum atomic E-state index is -0.421. The maximum atomic E-state index is 13.2. The van der Waals surface area contributed by atoms with Crippen LogP contribution in [0.3, 0.4) is 0 Å². The second-order valence-electron chi connectivity index (χ2n) is 4.57. The molecule has 0 bridgehead atoms. The number of Topliss-reactive ketones (excluding diaryl/α,β-unsaturated/α-hetero) is 1. The molecule has 0 saturated heterocycles. The lowest BCUT2D eigenvalue weighted by Gasteiger charge is -2.08. The predicted octanol–water partition coefficient (Wildman–Crippen LogP) is 2.85. The molecule has 0 unspecified atom stereocenters. The van der Waals surface area contributed by atoms with E-state index in [1.54, 1.807) is 18.2 Å². The second-order valence-corrected chi connectivity index (χ2v) is 4.57. The first-order valence-electron chi connectivity index (χ1n) is 6.29. The van der Waals surface area contributed by atoms with Crippen LogP contribution in [0.25, 0.3) is 0 Å². The molecule has 2 aromatic rings. The highest BCUT2D eigenvalue weighted by atomic mass is 19.1. The Bertz CT molecular complexity index is 765. The van der Waals surface area contributed by atoms with E-state index in [1.165, 1.54) is 18.2 Å². The van der Waals surface area contributed by atoms with Crippen LogP contribution in [0.2, 0.25) is 0 Å². The van der Waals surface area contributed by atoms with E-state index in [0.29, 0.717) is 28.2 Å². The normalized spacial score (nSPS) is 12.5. The van der Waals surface area contributed by atoms with Crippen LogP contribution in [0.5, 0.6) is 11.5 Å². The summed E-state index contributed by atoms with van der Waals surface area (Å²) in [4.78, 5) is 11.4. The summed E-state index contributed by atoms with van der Waals surface area (Å²) in [6.07, 6.45) is 0. The molecule has 5 heteroatoms. The molecule has 2 aromatic carbocycles. The summed E-state index contributed by atoms with van der Waals surface area (Å²) < 4.78 is 24.0. The summed E-state index contributed by atoms with van der Waals surface area (Å²) in [6, 6.07) is 10.8. The van der Waals surface area contributed by atoms with Crippen molar-refractivity contribution in [2.45, 2.75) is 6.61 Å². The minimum Gasteiger partial charge on any atom is -0.489 e. The molecule has 0 N–H and O–H groups in total. The van der Waals surface area contributed by atoms with Crippen molar-refractivity contribution in [2.24, 2.45) is 0 Å². The number of nitriles is 1. The number of fused-ring (bicyclic) bond motifs is 1. The Morgan fingerprint density at radius 2 is 2.14 bits per heavy atom. The fraction of sp³-hybridized carbons (Fsp3) is 0.125. The molecule has 3 rings (SSSR count). The largest absolute Gasteiger partial charge is 0.489 e. The van der Waals surface area contributed by atoms with Crippen molar-refractivity contribution >= 4 is 5.78 Å². The molecule has 0 saturated carbocycles. The fourth-order valence-corrected chi connectivity index (χ4v) is 2.12. The van der Waals surface area contributed by atoms with Gasteiger partial charge >= 0.3 is 0 Å². The maximum Gasteiger partial charge on any atom is 0.203 e. The Hall–Kier alpha value is -2.87. The van der Waals surface area contributed by atoms with Crippen molar-refractivity contribution in [1.82, 2.24) is 0 Å². The van der Waals surface area contributed by atoms with Crippen molar-refractivity contribution < 1.29 is 18.7 Å². The van der Waals surface area contributed by atoms with Crippen LogP contribution < -0.4 is 9.47 Å². The molecule has 1 heterocycles. The zero-order valence-corrected chi connectivity index (χ0v) is 10.9. The average molecular weight is 283 g/mol. The number of carbonyl (C=O) groups is 1. The highest BCUT2D eigenvalue weighted by Crippen LogP contribution is 2.30. The average Bonchev–Trinajstić information content (AvgIpc) is 2.86. The Morgan fingerprint density at radius 3 is 2.95 bits per heavy atom. The minimum absolute atomic E-state index is 0.0429. The van der Waals surface area contributed by atoms with Gasteiger partial charge in [0.1, 0.15) is 23.9 Å². The van der Waals surface area contributed by atoms with Gasteiger partial charge in [-0.2, -0.15) is 5.26 Å². The number of nitrogens with zero attached hydrogens (tertiary/aromatic N) is 1. The number of ketones is 1. The molecule has 0 spiro atoms. The van der Waals surface area contributed by atoms with E-state index in [2.05, 4.69) is 0 Å². The van der Waals surface area contributed by atoms with Crippen molar-refractivity contribution in [3.05, 3.63) is 58.9 Å². The molecule has 0 aliphatic carbocycles. The summed E-state index contributed by atoms with van der Waals surface area (Å²) in [5.74, 6) is 0.498. The highest BCUT2D eigenvalue weighted by molar-refractivity contribution is 6.02. The molecule has 1 aliphatic heterocycles. The maximum absolute atomic E-state index is 13.2. The van der Waals surface area contributed by atoms with Crippen molar-refractivity contribution in [3.8, 4) is 17.6 Å². The predicted molar refractivity (Wildman–Crippen MR) is 71.7 cm³/mol. The quantitative estimate of drug-likeness (QED) is 0.869. The number of ether oxygens (including phenoxy) is 2. The van der Waals surface area contributed by atoms with Gasteiger partial charge in [-0.15, -0.1) is 0 Å². The molecular weight excluding hydrogens is 273 g/mol. The highest BCUT2D eigenvalue weighted by Gasteiger charge is 2.21. The van der Waals surface area contributed by atoms with Gasteiger partial charge < -0.3 is 9.47 Å². The van der Waals surface area contributed by atoms with Crippen LogP contribution in [0.15, 0.2) is 36.4 Å². The van der Waals surface area contributed by atoms with Gasteiger partial charge in [0, 0.05) is 11.6 Å². The molecule has 0 aromatic heterocycles. The van der Waals surface area contributed by atoms with E-state index < -0.39 is 5.82 Å². The van der Waals surface area contributed by atoms with Crippen LogP contribution in [-0.2, 0) is 6.61 Å². The van der Waals surface area contributed by atoms with Gasteiger partial charge in [0.2, 0.25) is 5.78 Å². The van der Waals surface area contributed by atoms with Gasteiger partial charge in [0.25, 0.3) is 0 Å². The van der Waals surface area contributed by atoms with Crippen LogP contribution in [0.1, 0.15) is 21.5 Å². The number of halogens is 1. The Balaban J connectivity index is 1.79. The van der Waals surface area contributed by atoms with Crippen molar-refractivity contribution in [1.29, 1.82) is 5.26 Å². The lowest BCUT2D eigenvalue weighted by molar-refractivity contribution is 0.0961. The standard InChI is InChI=1S/C16H10FNO3/c17-12-2-1-10(7-18)11(5-12)8-20-13-3-4-14-15(19)9-21-16(14)6-13/h1-6H,8-9H2. The molecular formula is C16H10FNO3. The summed E-state index contributed by atoms with van der Waals surface area (Å²) >= 11 is 0. The Labute approximate surface area is 120 Å². The topological polar surface area (TPSA) is 59.3 Å². The Kier molecular flexibility index (Phi) is 3.28. The smallest absolute Gasteiger partial charge is 0.203 e. The number of carbonyl (C=O) groups excluding carboxylic acids is 1. The van der Waals surface area contributed by atoms with Gasteiger partial charge in [-0.05, 0) is 30.3 Å². The zero-order chi connectivity index (χ0) is 14.8. The van der Waals surface area contributed by atoms with Crippen molar-refractivity contribution in [2.75, 3.05) is 6.61 Å². The van der Waals surface area contributed by atoms with Crippen LogP contribution >= 0.6 is 0 Å². The van der Waals surface area contributed by atoms with Crippen LogP contribution in [0.4, 0.5) is 4.39 Å². The van der Waals surface area contributed by atoms with E-state index in [-0.39, 0.29) is 19.0 Å². The number of hydrogen-bond donors (Lipinski definition) is 0. The van der Waals surface area contributed by atoms with Gasteiger partial charge in [0.05, 0.1) is 17.2 Å². The molecule has 0 amide bonds. The number of hydrogen-bond acceptors (Lipinski definition) is 4. The van der Waals surface area contributed by atoms with Gasteiger partial charge in [-0.3, -0.25) is 4.79 Å². The molecule has 4 nitrogen and oxygen atoms in total. The number of benzene rings is 2. The molecule has 104 valence electrons. The van der Waals surface area contributed by atoms with Gasteiger partial charge in [-0.25, -0.2) is 4.39 Å². The first kappa shape index (κ1) is 13.1. The second kappa shape index (κ2) is 5.25. The first-order valence-corrected chi connectivity index (χ1v) is 6.29. The summed E-state index contributed by atoms with van der Waals surface area (Å²) in [5, 5.41) is 8.98. The van der Waals surface area contributed by atoms with Gasteiger partial charge in [-0.1, -0.05) is 0 Å². The van der Waals surface area contributed by atoms with Crippen LogP contribution in [-0.4, -0.2) is 12.4 Å².